The van der Waals surface area contributed by atoms with Crippen molar-refractivity contribution in [1.82, 2.24) is 0 Å². The average Bonchev–Trinajstić information content (AvgIpc) is 2.15. The summed E-state index contributed by atoms with van der Waals surface area (Å²) in [7, 11) is 0. The summed E-state index contributed by atoms with van der Waals surface area (Å²) in [5.41, 5.74) is 7.36. The standard InChI is InChI=1S/C10H12N2O2/c1-6-2-3-7(8(12)4-6)10(14)9(13)5-11/h2-4,9-10,13-14H,12H2,1H3. The van der Waals surface area contributed by atoms with E-state index in [-0.39, 0.29) is 0 Å². The second-order valence-electron chi connectivity index (χ2n) is 3.15. The van der Waals surface area contributed by atoms with E-state index in [0.29, 0.717) is 11.3 Å². The van der Waals surface area contributed by atoms with Gasteiger partial charge in [0, 0.05) is 11.3 Å². The molecule has 0 aromatic heterocycles. The lowest BCUT2D eigenvalue weighted by molar-refractivity contribution is 0.0533. The van der Waals surface area contributed by atoms with Crippen LogP contribution in [0.2, 0.25) is 0 Å². The number of aliphatic hydroxyl groups excluding tert-OH is 2. The lowest BCUT2D eigenvalue weighted by atomic mass is 10.0. The van der Waals surface area contributed by atoms with Crippen molar-refractivity contribution in [2.24, 2.45) is 0 Å². The van der Waals surface area contributed by atoms with E-state index >= 15 is 0 Å². The van der Waals surface area contributed by atoms with Crippen molar-refractivity contribution >= 4 is 5.69 Å². The van der Waals surface area contributed by atoms with Crippen LogP contribution >= 0.6 is 0 Å². The number of hydrogen-bond acceptors (Lipinski definition) is 4. The van der Waals surface area contributed by atoms with Crippen molar-refractivity contribution in [2.75, 3.05) is 5.73 Å². The fraction of sp³-hybridized carbons (Fsp3) is 0.300. The SMILES string of the molecule is Cc1ccc(C(O)C(O)C#N)c(N)c1. The van der Waals surface area contributed by atoms with Crippen LogP contribution in [0.1, 0.15) is 17.2 Å². The highest BCUT2D eigenvalue weighted by atomic mass is 16.3. The Morgan fingerprint density at radius 3 is 2.57 bits per heavy atom. The Morgan fingerprint density at radius 2 is 2.07 bits per heavy atom. The molecule has 14 heavy (non-hydrogen) atoms. The van der Waals surface area contributed by atoms with Gasteiger partial charge in [0.2, 0.25) is 0 Å². The molecular weight excluding hydrogens is 180 g/mol. The van der Waals surface area contributed by atoms with E-state index < -0.39 is 12.2 Å². The molecule has 0 radical (unpaired) electrons. The summed E-state index contributed by atoms with van der Waals surface area (Å²) >= 11 is 0. The molecule has 0 aliphatic rings. The van der Waals surface area contributed by atoms with E-state index in [2.05, 4.69) is 0 Å². The number of hydrogen-bond donors (Lipinski definition) is 3. The molecule has 0 aliphatic heterocycles. The van der Waals surface area contributed by atoms with Crippen LogP contribution in [-0.4, -0.2) is 16.3 Å². The fourth-order valence-corrected chi connectivity index (χ4v) is 1.20. The Labute approximate surface area is 82.2 Å². The number of aliphatic hydroxyl groups is 2. The maximum absolute atomic E-state index is 9.51. The van der Waals surface area contributed by atoms with Crippen LogP contribution in [0.15, 0.2) is 18.2 Å². The molecule has 4 N–H and O–H groups in total. The molecule has 4 nitrogen and oxygen atoms in total. The van der Waals surface area contributed by atoms with Gasteiger partial charge in [-0.05, 0) is 18.6 Å². The van der Waals surface area contributed by atoms with Crippen LogP contribution in [0.4, 0.5) is 5.69 Å². The first kappa shape index (κ1) is 10.5. The molecule has 0 bridgehead atoms. The topological polar surface area (TPSA) is 90.3 Å². The Balaban J connectivity index is 3.03. The molecular formula is C10H12N2O2. The molecule has 4 heteroatoms. The Hall–Kier alpha value is -1.57. The van der Waals surface area contributed by atoms with Crippen LogP contribution in [0, 0.1) is 18.3 Å². The Bertz CT molecular complexity index is 371. The highest BCUT2D eigenvalue weighted by Crippen LogP contribution is 2.23. The molecule has 0 spiro atoms. The predicted octanol–water partition coefficient (Wildman–Crippen LogP) is 0.495. The number of anilines is 1. The lowest BCUT2D eigenvalue weighted by Crippen LogP contribution is -2.17. The minimum Gasteiger partial charge on any atom is -0.398 e. The van der Waals surface area contributed by atoms with Crippen molar-refractivity contribution in [3.8, 4) is 6.07 Å². The van der Waals surface area contributed by atoms with Crippen LogP contribution in [0.3, 0.4) is 0 Å². The van der Waals surface area contributed by atoms with E-state index in [1.54, 1.807) is 24.3 Å². The van der Waals surface area contributed by atoms with E-state index in [0.717, 1.165) is 5.56 Å². The first-order chi connectivity index (χ1) is 6.56. The monoisotopic (exact) mass is 192 g/mol. The van der Waals surface area contributed by atoms with Gasteiger partial charge in [0.05, 0.1) is 6.07 Å². The minimum absolute atomic E-state index is 0.379. The quantitative estimate of drug-likeness (QED) is 0.470. The second kappa shape index (κ2) is 4.09. The van der Waals surface area contributed by atoms with E-state index in [9.17, 15) is 5.11 Å². The van der Waals surface area contributed by atoms with Gasteiger partial charge in [0.1, 0.15) is 6.10 Å². The molecule has 74 valence electrons. The predicted molar refractivity (Wildman–Crippen MR) is 52.2 cm³/mol. The third kappa shape index (κ3) is 2.02. The molecule has 2 atom stereocenters. The van der Waals surface area contributed by atoms with Gasteiger partial charge in [-0.1, -0.05) is 12.1 Å². The maximum atomic E-state index is 9.51. The van der Waals surface area contributed by atoms with Gasteiger partial charge in [-0.3, -0.25) is 0 Å². The van der Waals surface area contributed by atoms with Crippen LogP contribution in [-0.2, 0) is 0 Å². The summed E-state index contributed by atoms with van der Waals surface area (Å²) in [5.74, 6) is 0. The van der Waals surface area contributed by atoms with E-state index in [4.69, 9.17) is 16.1 Å². The van der Waals surface area contributed by atoms with Crippen molar-refractivity contribution < 1.29 is 10.2 Å². The molecule has 2 unspecified atom stereocenters. The molecule has 0 aliphatic carbocycles. The summed E-state index contributed by atoms with van der Waals surface area (Å²) in [6.07, 6.45) is -2.69. The molecule has 1 aromatic carbocycles. The zero-order chi connectivity index (χ0) is 10.7. The van der Waals surface area contributed by atoms with Crippen LogP contribution in [0.5, 0.6) is 0 Å². The van der Waals surface area contributed by atoms with Crippen molar-refractivity contribution in [1.29, 1.82) is 5.26 Å². The van der Waals surface area contributed by atoms with Gasteiger partial charge in [0.25, 0.3) is 0 Å². The van der Waals surface area contributed by atoms with Crippen LogP contribution in [0.25, 0.3) is 0 Å². The van der Waals surface area contributed by atoms with Crippen LogP contribution < -0.4 is 5.73 Å². The van der Waals surface area contributed by atoms with E-state index in [1.807, 2.05) is 6.92 Å². The number of aryl methyl sites for hydroxylation is 1. The summed E-state index contributed by atoms with van der Waals surface area (Å²) in [6, 6.07) is 6.61. The molecule has 0 saturated heterocycles. The first-order valence-corrected chi connectivity index (χ1v) is 4.18. The number of nitrogens with two attached hydrogens (primary N) is 1. The normalized spacial score (nSPS) is 14.4. The lowest BCUT2D eigenvalue weighted by Gasteiger charge is -2.14. The van der Waals surface area contributed by atoms with Crippen molar-refractivity contribution in [3.63, 3.8) is 0 Å². The minimum atomic E-state index is -1.44. The van der Waals surface area contributed by atoms with Crippen molar-refractivity contribution in [3.05, 3.63) is 29.3 Å². The van der Waals surface area contributed by atoms with Gasteiger partial charge < -0.3 is 15.9 Å². The molecule has 0 heterocycles. The average molecular weight is 192 g/mol. The first-order valence-electron chi connectivity index (χ1n) is 4.18. The summed E-state index contributed by atoms with van der Waals surface area (Å²) in [6.45, 7) is 1.87. The van der Waals surface area contributed by atoms with Gasteiger partial charge in [-0.25, -0.2) is 0 Å². The fourth-order valence-electron chi connectivity index (χ4n) is 1.20. The third-order valence-electron chi connectivity index (χ3n) is 1.99. The molecule has 1 aromatic rings. The third-order valence-corrected chi connectivity index (χ3v) is 1.99. The largest absolute Gasteiger partial charge is 0.398 e. The number of nitrogen functional groups attached to an aromatic ring is 1. The zero-order valence-electron chi connectivity index (χ0n) is 7.81. The number of nitriles is 1. The maximum Gasteiger partial charge on any atom is 0.170 e. The van der Waals surface area contributed by atoms with Gasteiger partial charge in [0.15, 0.2) is 6.10 Å². The zero-order valence-corrected chi connectivity index (χ0v) is 7.81. The Kier molecular flexibility index (Phi) is 3.07. The molecule has 0 amide bonds. The summed E-state index contributed by atoms with van der Waals surface area (Å²) in [4.78, 5) is 0. The second-order valence-corrected chi connectivity index (χ2v) is 3.15. The van der Waals surface area contributed by atoms with Gasteiger partial charge in [-0.2, -0.15) is 5.26 Å². The van der Waals surface area contributed by atoms with Gasteiger partial charge >= 0.3 is 0 Å². The van der Waals surface area contributed by atoms with E-state index in [1.165, 1.54) is 0 Å². The summed E-state index contributed by atoms with van der Waals surface area (Å²) in [5, 5.41) is 27.0. The van der Waals surface area contributed by atoms with Gasteiger partial charge in [-0.15, -0.1) is 0 Å². The Morgan fingerprint density at radius 1 is 1.43 bits per heavy atom. The summed E-state index contributed by atoms with van der Waals surface area (Å²) < 4.78 is 0. The number of nitrogens with zero attached hydrogens (tertiary/aromatic N) is 1. The smallest absolute Gasteiger partial charge is 0.170 e. The molecule has 0 fully saturated rings. The molecule has 1 rings (SSSR count). The number of benzene rings is 1. The highest BCUT2D eigenvalue weighted by Gasteiger charge is 2.19. The van der Waals surface area contributed by atoms with Crippen molar-refractivity contribution in [2.45, 2.75) is 19.1 Å². The molecule has 0 saturated carbocycles. The highest BCUT2D eigenvalue weighted by molar-refractivity contribution is 5.50. The number of rotatable bonds is 2.